The fourth-order valence-electron chi connectivity index (χ4n) is 3.24. The monoisotopic (exact) mass is 361 g/mol. The lowest BCUT2D eigenvalue weighted by molar-refractivity contribution is -0.120. The first-order chi connectivity index (χ1) is 11.9. The summed E-state index contributed by atoms with van der Waals surface area (Å²) in [5, 5.41) is 3.92. The second-order valence-corrected chi connectivity index (χ2v) is 8.65. The summed E-state index contributed by atoms with van der Waals surface area (Å²) < 4.78 is 25.3. The molecule has 0 aliphatic carbocycles. The van der Waals surface area contributed by atoms with Gasteiger partial charge in [-0.05, 0) is 50.5 Å². The number of sulfonamides is 1. The number of aryl methyl sites for hydroxylation is 1. The summed E-state index contributed by atoms with van der Waals surface area (Å²) in [4.78, 5) is 17.0. The minimum atomic E-state index is -3.17. The average molecular weight is 361 g/mol. The Labute approximate surface area is 148 Å². The van der Waals surface area contributed by atoms with Crippen molar-refractivity contribution < 1.29 is 13.2 Å². The minimum Gasteiger partial charge on any atom is -0.325 e. The third-order valence-electron chi connectivity index (χ3n) is 4.81. The van der Waals surface area contributed by atoms with E-state index in [-0.39, 0.29) is 17.6 Å². The van der Waals surface area contributed by atoms with E-state index in [2.05, 4.69) is 10.3 Å². The molecule has 1 aromatic carbocycles. The molecular weight excluding hydrogens is 338 g/mol. The number of carbonyl (C=O) groups excluding carboxylic acids is 1. The smallest absolute Gasteiger partial charge is 0.227 e. The summed E-state index contributed by atoms with van der Waals surface area (Å²) in [6.07, 6.45) is 2.84. The largest absolute Gasteiger partial charge is 0.325 e. The van der Waals surface area contributed by atoms with E-state index < -0.39 is 10.0 Å². The molecule has 3 rings (SSSR count). The molecule has 0 bridgehead atoms. The van der Waals surface area contributed by atoms with Gasteiger partial charge in [-0.25, -0.2) is 12.7 Å². The number of pyridine rings is 1. The van der Waals surface area contributed by atoms with Crippen LogP contribution < -0.4 is 5.32 Å². The van der Waals surface area contributed by atoms with Gasteiger partial charge < -0.3 is 5.32 Å². The molecule has 2 heterocycles. The van der Waals surface area contributed by atoms with Crippen LogP contribution in [0, 0.1) is 12.8 Å². The minimum absolute atomic E-state index is 0.0532. The van der Waals surface area contributed by atoms with Crippen LogP contribution in [0.5, 0.6) is 0 Å². The first-order valence-electron chi connectivity index (χ1n) is 8.55. The second kappa shape index (κ2) is 7.09. The highest BCUT2D eigenvalue weighted by molar-refractivity contribution is 7.89. The second-order valence-electron chi connectivity index (χ2n) is 6.39. The number of hydrogen-bond acceptors (Lipinski definition) is 4. The number of benzene rings is 1. The number of piperidine rings is 1. The van der Waals surface area contributed by atoms with Gasteiger partial charge in [-0.3, -0.25) is 9.78 Å². The van der Waals surface area contributed by atoms with Crippen LogP contribution in [0.15, 0.2) is 30.5 Å². The third kappa shape index (κ3) is 3.67. The van der Waals surface area contributed by atoms with E-state index in [1.165, 1.54) is 4.31 Å². The Bertz CT molecular complexity index is 888. The standard InChI is InChI=1S/C18H23N3O3S/c1-3-25(23,24)21-11-8-14(9-12-21)18(22)20-16-7-6-13(2)17-15(16)5-4-10-19-17/h4-7,10,14H,3,8-9,11-12H2,1-2H3,(H,20,22). The molecule has 1 fully saturated rings. The van der Waals surface area contributed by atoms with Crippen LogP contribution in [0.1, 0.15) is 25.3 Å². The summed E-state index contributed by atoms with van der Waals surface area (Å²) in [5.74, 6) is -0.120. The van der Waals surface area contributed by atoms with E-state index in [4.69, 9.17) is 0 Å². The molecule has 134 valence electrons. The molecule has 0 saturated carbocycles. The molecule has 1 aliphatic heterocycles. The van der Waals surface area contributed by atoms with Gasteiger partial charge in [0.15, 0.2) is 0 Å². The lowest BCUT2D eigenvalue weighted by Gasteiger charge is -2.30. The number of anilines is 1. The highest BCUT2D eigenvalue weighted by Gasteiger charge is 2.30. The normalized spacial score (nSPS) is 16.9. The van der Waals surface area contributed by atoms with Gasteiger partial charge in [0.25, 0.3) is 0 Å². The van der Waals surface area contributed by atoms with E-state index in [0.29, 0.717) is 25.9 Å². The van der Waals surface area contributed by atoms with Gasteiger partial charge in [0.1, 0.15) is 0 Å². The van der Waals surface area contributed by atoms with Crippen molar-refractivity contribution in [1.82, 2.24) is 9.29 Å². The molecule has 2 aromatic rings. The maximum atomic E-state index is 12.6. The third-order valence-corrected chi connectivity index (χ3v) is 6.69. The molecule has 7 heteroatoms. The molecular formula is C18H23N3O3S. The highest BCUT2D eigenvalue weighted by Crippen LogP contribution is 2.27. The zero-order valence-corrected chi connectivity index (χ0v) is 15.3. The number of hydrogen-bond donors (Lipinski definition) is 1. The van der Waals surface area contributed by atoms with E-state index in [1.54, 1.807) is 13.1 Å². The first-order valence-corrected chi connectivity index (χ1v) is 10.2. The Hall–Kier alpha value is -1.99. The summed E-state index contributed by atoms with van der Waals surface area (Å²) >= 11 is 0. The van der Waals surface area contributed by atoms with Crippen molar-refractivity contribution in [2.75, 3.05) is 24.2 Å². The van der Waals surface area contributed by atoms with Gasteiger partial charge in [0, 0.05) is 30.6 Å². The maximum Gasteiger partial charge on any atom is 0.227 e. The van der Waals surface area contributed by atoms with Crippen LogP contribution in [-0.2, 0) is 14.8 Å². The summed E-state index contributed by atoms with van der Waals surface area (Å²) in [7, 11) is -3.17. The number of fused-ring (bicyclic) bond motifs is 1. The Morgan fingerprint density at radius 2 is 2.00 bits per heavy atom. The molecule has 25 heavy (non-hydrogen) atoms. The average Bonchev–Trinajstić information content (AvgIpc) is 2.64. The number of nitrogens with zero attached hydrogens (tertiary/aromatic N) is 2. The van der Waals surface area contributed by atoms with Crippen molar-refractivity contribution in [3.05, 3.63) is 36.0 Å². The van der Waals surface area contributed by atoms with Crippen LogP contribution in [0.3, 0.4) is 0 Å². The van der Waals surface area contributed by atoms with Crippen molar-refractivity contribution in [2.45, 2.75) is 26.7 Å². The Morgan fingerprint density at radius 1 is 1.28 bits per heavy atom. The molecule has 1 saturated heterocycles. The van der Waals surface area contributed by atoms with Crippen molar-refractivity contribution in [3.63, 3.8) is 0 Å². The summed E-state index contributed by atoms with van der Waals surface area (Å²) in [6.45, 7) is 4.45. The highest BCUT2D eigenvalue weighted by atomic mass is 32.2. The van der Waals surface area contributed by atoms with Crippen molar-refractivity contribution >= 4 is 32.5 Å². The van der Waals surface area contributed by atoms with Gasteiger partial charge >= 0.3 is 0 Å². The molecule has 6 nitrogen and oxygen atoms in total. The van der Waals surface area contributed by atoms with E-state index in [9.17, 15) is 13.2 Å². The van der Waals surface area contributed by atoms with Crippen LogP contribution >= 0.6 is 0 Å². The van der Waals surface area contributed by atoms with E-state index in [0.717, 1.165) is 22.2 Å². The molecule has 0 radical (unpaired) electrons. The van der Waals surface area contributed by atoms with Crippen molar-refractivity contribution in [2.24, 2.45) is 5.92 Å². The van der Waals surface area contributed by atoms with Crippen LogP contribution in [0.2, 0.25) is 0 Å². The fraction of sp³-hybridized carbons (Fsp3) is 0.444. The predicted octanol–water partition coefficient (Wildman–Crippen LogP) is 2.54. The molecule has 0 atom stereocenters. The van der Waals surface area contributed by atoms with Crippen LogP contribution in [-0.4, -0.2) is 42.5 Å². The Kier molecular flexibility index (Phi) is 5.06. The molecule has 0 spiro atoms. The lowest BCUT2D eigenvalue weighted by atomic mass is 9.97. The Balaban J connectivity index is 1.71. The first kappa shape index (κ1) is 17.8. The summed E-state index contributed by atoms with van der Waals surface area (Å²) in [6, 6.07) is 7.64. The predicted molar refractivity (Wildman–Crippen MR) is 98.9 cm³/mol. The molecule has 1 aromatic heterocycles. The van der Waals surface area contributed by atoms with Gasteiger partial charge in [0.05, 0.1) is 17.0 Å². The topological polar surface area (TPSA) is 79.4 Å². The van der Waals surface area contributed by atoms with E-state index in [1.807, 2.05) is 31.2 Å². The number of carbonyl (C=O) groups is 1. The van der Waals surface area contributed by atoms with Crippen LogP contribution in [0.25, 0.3) is 10.9 Å². The zero-order valence-electron chi connectivity index (χ0n) is 14.5. The number of nitrogens with one attached hydrogen (secondary N) is 1. The zero-order chi connectivity index (χ0) is 18.0. The van der Waals surface area contributed by atoms with Crippen LogP contribution in [0.4, 0.5) is 5.69 Å². The molecule has 1 N–H and O–H groups in total. The van der Waals surface area contributed by atoms with Gasteiger partial charge in [-0.15, -0.1) is 0 Å². The lowest BCUT2D eigenvalue weighted by Crippen LogP contribution is -2.42. The Morgan fingerprint density at radius 3 is 2.68 bits per heavy atom. The van der Waals surface area contributed by atoms with E-state index >= 15 is 0 Å². The van der Waals surface area contributed by atoms with Gasteiger partial charge in [-0.2, -0.15) is 0 Å². The van der Waals surface area contributed by atoms with Crippen molar-refractivity contribution in [1.29, 1.82) is 0 Å². The quantitative estimate of drug-likeness (QED) is 0.908. The maximum absolute atomic E-state index is 12.6. The van der Waals surface area contributed by atoms with Gasteiger partial charge in [0.2, 0.25) is 15.9 Å². The number of aromatic nitrogens is 1. The molecule has 0 unspecified atom stereocenters. The van der Waals surface area contributed by atoms with Crippen molar-refractivity contribution in [3.8, 4) is 0 Å². The summed E-state index contributed by atoms with van der Waals surface area (Å²) in [5.41, 5.74) is 2.69. The number of rotatable bonds is 4. The molecule has 1 amide bonds. The SMILES string of the molecule is CCS(=O)(=O)N1CCC(C(=O)Nc2ccc(C)c3ncccc23)CC1. The number of amides is 1. The fourth-order valence-corrected chi connectivity index (χ4v) is 4.37. The molecule has 1 aliphatic rings. The van der Waals surface area contributed by atoms with Gasteiger partial charge in [-0.1, -0.05) is 6.07 Å².